The third-order valence-corrected chi connectivity index (χ3v) is 1.84. The van der Waals surface area contributed by atoms with Crippen LogP contribution in [0.2, 0.25) is 0 Å². The second-order valence-corrected chi connectivity index (χ2v) is 2.53. The summed E-state index contributed by atoms with van der Waals surface area (Å²) in [7, 11) is 3.14. The van der Waals surface area contributed by atoms with Crippen molar-refractivity contribution in [2.45, 2.75) is 0 Å². The molecular weight excluding hydrogens is 170 g/mol. The topological polar surface area (TPSA) is 44.5 Å². The van der Waals surface area contributed by atoms with Crippen molar-refractivity contribution in [3.8, 4) is 11.6 Å². The van der Waals surface area contributed by atoms with Crippen LogP contribution < -0.4 is 9.47 Å². The Hall–Kier alpha value is -1.71. The fourth-order valence-electron chi connectivity index (χ4n) is 1.24. The van der Waals surface area contributed by atoms with Gasteiger partial charge in [0, 0.05) is 0 Å². The van der Waals surface area contributed by atoms with E-state index in [-0.39, 0.29) is 0 Å². The number of aromatic nitrogens is 1. The van der Waals surface area contributed by atoms with Crippen molar-refractivity contribution in [1.82, 2.24) is 5.16 Å². The van der Waals surface area contributed by atoms with Crippen LogP contribution >= 0.6 is 0 Å². The lowest BCUT2D eigenvalue weighted by Crippen LogP contribution is -1.86. The Balaban J connectivity index is 2.76. The molecule has 13 heavy (non-hydrogen) atoms. The summed E-state index contributed by atoms with van der Waals surface area (Å²) in [6.45, 7) is 0. The molecule has 4 nitrogen and oxygen atoms in total. The van der Waals surface area contributed by atoms with Gasteiger partial charge in [-0.05, 0) is 17.3 Å². The molecule has 0 aliphatic rings. The summed E-state index contributed by atoms with van der Waals surface area (Å²) in [6.07, 6.45) is 0. The molecule has 0 atom stereocenters. The molecule has 0 N–H and O–H groups in total. The molecule has 0 radical (unpaired) electrons. The zero-order valence-electron chi connectivity index (χ0n) is 7.40. The van der Waals surface area contributed by atoms with Crippen LogP contribution in [0.25, 0.3) is 11.0 Å². The number of benzene rings is 1. The first kappa shape index (κ1) is 7.91. The van der Waals surface area contributed by atoms with Gasteiger partial charge in [-0.25, -0.2) is 0 Å². The van der Waals surface area contributed by atoms with E-state index in [2.05, 4.69) is 5.16 Å². The van der Waals surface area contributed by atoms with Crippen LogP contribution in [-0.4, -0.2) is 19.4 Å². The Labute approximate surface area is 75.0 Å². The highest BCUT2D eigenvalue weighted by Gasteiger charge is 2.12. The van der Waals surface area contributed by atoms with Crippen LogP contribution in [-0.2, 0) is 0 Å². The van der Waals surface area contributed by atoms with Gasteiger partial charge in [-0.15, -0.1) is 0 Å². The number of ether oxygens (including phenoxy) is 2. The zero-order chi connectivity index (χ0) is 9.26. The molecule has 1 heterocycles. The van der Waals surface area contributed by atoms with Crippen LogP contribution in [0.4, 0.5) is 0 Å². The van der Waals surface area contributed by atoms with E-state index in [1.54, 1.807) is 14.2 Å². The Bertz CT molecular complexity index is 422. The average molecular weight is 179 g/mol. The molecule has 4 heteroatoms. The van der Waals surface area contributed by atoms with Gasteiger partial charge in [-0.1, -0.05) is 6.07 Å². The highest BCUT2D eigenvalue weighted by Crippen LogP contribution is 2.32. The summed E-state index contributed by atoms with van der Waals surface area (Å²) >= 11 is 0. The second kappa shape index (κ2) is 2.97. The molecule has 0 amide bonds. The first-order valence-corrected chi connectivity index (χ1v) is 3.83. The lowest BCUT2D eigenvalue weighted by molar-refractivity contribution is 0.349. The maximum Gasteiger partial charge on any atom is 0.265 e. The Kier molecular flexibility index (Phi) is 1.81. The first-order chi connectivity index (χ1) is 6.36. The van der Waals surface area contributed by atoms with Crippen molar-refractivity contribution < 1.29 is 14.0 Å². The molecule has 0 unspecified atom stereocenters. The molecule has 0 spiro atoms. The smallest absolute Gasteiger partial charge is 0.265 e. The maximum absolute atomic E-state index is 5.15. The van der Waals surface area contributed by atoms with Crippen molar-refractivity contribution in [2.24, 2.45) is 0 Å². The third-order valence-electron chi connectivity index (χ3n) is 1.84. The van der Waals surface area contributed by atoms with E-state index in [4.69, 9.17) is 14.0 Å². The molecule has 1 aromatic carbocycles. The van der Waals surface area contributed by atoms with Crippen LogP contribution in [0.15, 0.2) is 22.7 Å². The summed E-state index contributed by atoms with van der Waals surface area (Å²) in [4.78, 5) is 0. The fourth-order valence-corrected chi connectivity index (χ4v) is 1.24. The number of rotatable bonds is 2. The molecule has 2 rings (SSSR count). The van der Waals surface area contributed by atoms with Gasteiger partial charge in [-0.3, -0.25) is 0 Å². The summed E-state index contributed by atoms with van der Waals surface area (Å²) in [5.74, 6) is 1.16. The second-order valence-electron chi connectivity index (χ2n) is 2.53. The van der Waals surface area contributed by atoms with Crippen molar-refractivity contribution in [2.75, 3.05) is 14.2 Å². The molecule has 0 aliphatic heterocycles. The number of methoxy groups -OCH3 is 2. The predicted molar refractivity (Wildman–Crippen MR) is 47.1 cm³/mol. The lowest BCUT2D eigenvalue weighted by atomic mass is 10.2. The molecule has 0 bridgehead atoms. The molecule has 1 aromatic heterocycles. The molecular formula is C9H9NO3. The molecule has 0 saturated carbocycles. The Morgan fingerprint density at radius 3 is 2.77 bits per heavy atom. The van der Waals surface area contributed by atoms with Gasteiger partial charge in [-0.2, -0.15) is 0 Å². The van der Waals surface area contributed by atoms with Crippen LogP contribution in [0.3, 0.4) is 0 Å². The number of hydrogen-bond acceptors (Lipinski definition) is 4. The number of fused-ring (bicyclic) bond motifs is 1. The maximum atomic E-state index is 5.15. The Morgan fingerprint density at radius 1 is 1.23 bits per heavy atom. The highest BCUT2D eigenvalue weighted by molar-refractivity contribution is 5.88. The molecule has 2 aromatic rings. The summed E-state index contributed by atoms with van der Waals surface area (Å²) in [5, 5.41) is 4.52. The van der Waals surface area contributed by atoms with Gasteiger partial charge >= 0.3 is 0 Å². The lowest BCUT2D eigenvalue weighted by Gasteiger charge is -2.00. The van der Waals surface area contributed by atoms with Crippen molar-refractivity contribution in [1.29, 1.82) is 0 Å². The summed E-state index contributed by atoms with van der Waals surface area (Å²) < 4.78 is 15.2. The summed E-state index contributed by atoms with van der Waals surface area (Å²) in [6, 6.07) is 5.49. The summed E-state index contributed by atoms with van der Waals surface area (Å²) in [5.41, 5.74) is 0.663. The molecule has 0 saturated heterocycles. The molecule has 0 aliphatic carbocycles. The Morgan fingerprint density at radius 2 is 2.08 bits per heavy atom. The monoisotopic (exact) mass is 179 g/mol. The minimum absolute atomic E-state index is 0.451. The van der Waals surface area contributed by atoms with Gasteiger partial charge in [0.25, 0.3) is 5.88 Å². The average Bonchev–Trinajstić information content (AvgIpc) is 2.60. The SMILES string of the molecule is COc1cccc2onc(OC)c12. The van der Waals surface area contributed by atoms with E-state index < -0.39 is 0 Å². The quantitative estimate of drug-likeness (QED) is 0.705. The third kappa shape index (κ3) is 1.11. The molecule has 0 fully saturated rings. The van der Waals surface area contributed by atoms with Crippen molar-refractivity contribution in [3.05, 3.63) is 18.2 Å². The van der Waals surface area contributed by atoms with Gasteiger partial charge in [0.2, 0.25) is 0 Å². The van der Waals surface area contributed by atoms with E-state index in [0.29, 0.717) is 17.2 Å². The standard InChI is InChI=1S/C9H9NO3/c1-11-6-4-3-5-7-8(6)9(12-2)10-13-7/h3-5H,1-2H3. The largest absolute Gasteiger partial charge is 0.496 e. The predicted octanol–water partition coefficient (Wildman–Crippen LogP) is 1.84. The van der Waals surface area contributed by atoms with Gasteiger partial charge in [0.1, 0.15) is 11.1 Å². The van der Waals surface area contributed by atoms with E-state index in [1.807, 2.05) is 18.2 Å². The van der Waals surface area contributed by atoms with Crippen LogP contribution in [0.1, 0.15) is 0 Å². The van der Waals surface area contributed by atoms with Crippen molar-refractivity contribution in [3.63, 3.8) is 0 Å². The first-order valence-electron chi connectivity index (χ1n) is 3.83. The van der Waals surface area contributed by atoms with Crippen molar-refractivity contribution >= 4 is 11.0 Å². The zero-order valence-corrected chi connectivity index (χ0v) is 7.40. The van der Waals surface area contributed by atoms with Gasteiger partial charge < -0.3 is 14.0 Å². The van der Waals surface area contributed by atoms with E-state index in [0.717, 1.165) is 5.39 Å². The number of hydrogen-bond donors (Lipinski definition) is 0. The van der Waals surface area contributed by atoms with Crippen LogP contribution in [0.5, 0.6) is 11.6 Å². The minimum atomic E-state index is 0.451. The van der Waals surface area contributed by atoms with E-state index in [1.165, 1.54) is 0 Å². The fraction of sp³-hybridized carbons (Fsp3) is 0.222. The van der Waals surface area contributed by atoms with Gasteiger partial charge in [0.05, 0.1) is 14.2 Å². The molecule has 68 valence electrons. The van der Waals surface area contributed by atoms with Crippen LogP contribution in [0, 0.1) is 0 Å². The number of nitrogens with zero attached hydrogens (tertiary/aromatic N) is 1. The minimum Gasteiger partial charge on any atom is -0.496 e. The van der Waals surface area contributed by atoms with Gasteiger partial charge in [0.15, 0.2) is 5.58 Å². The van der Waals surface area contributed by atoms with E-state index in [9.17, 15) is 0 Å². The normalized spacial score (nSPS) is 10.3. The van der Waals surface area contributed by atoms with E-state index >= 15 is 0 Å². The highest BCUT2D eigenvalue weighted by atomic mass is 16.5.